The molecule has 1 aromatic heterocycles. The third kappa shape index (κ3) is 3.98. The molecule has 0 saturated carbocycles. The first kappa shape index (κ1) is 19.4. The molecule has 1 aromatic carbocycles. The van der Waals surface area contributed by atoms with Gasteiger partial charge in [0.1, 0.15) is 5.76 Å². The highest BCUT2D eigenvalue weighted by Gasteiger charge is 2.29. The number of aryl methyl sites for hydroxylation is 1. The quantitative estimate of drug-likeness (QED) is 0.805. The molecule has 1 aliphatic rings. The minimum absolute atomic E-state index is 0.0850. The van der Waals surface area contributed by atoms with Crippen LogP contribution < -0.4 is 5.32 Å². The van der Waals surface area contributed by atoms with Gasteiger partial charge in [-0.15, -0.1) is 0 Å². The van der Waals surface area contributed by atoms with Gasteiger partial charge in [0.05, 0.1) is 11.6 Å². The molecule has 0 saturated heterocycles. The van der Waals surface area contributed by atoms with E-state index in [-0.39, 0.29) is 23.5 Å². The summed E-state index contributed by atoms with van der Waals surface area (Å²) in [6, 6.07) is 10.3. The number of benzene rings is 1. The summed E-state index contributed by atoms with van der Waals surface area (Å²) < 4.78 is 5.77. The smallest absolute Gasteiger partial charge is 0.287 e. The van der Waals surface area contributed by atoms with Crippen molar-refractivity contribution in [3.63, 3.8) is 0 Å². The van der Waals surface area contributed by atoms with Gasteiger partial charge < -0.3 is 9.73 Å². The van der Waals surface area contributed by atoms with Gasteiger partial charge in [0.2, 0.25) is 0 Å². The summed E-state index contributed by atoms with van der Waals surface area (Å²) in [7, 11) is 0. The van der Waals surface area contributed by atoms with Crippen molar-refractivity contribution in [1.29, 1.82) is 0 Å². The monoisotopic (exact) mass is 368 g/mol. The predicted molar refractivity (Wildman–Crippen MR) is 105 cm³/mol. The van der Waals surface area contributed by atoms with E-state index in [9.17, 15) is 9.59 Å². The van der Waals surface area contributed by atoms with Crippen molar-refractivity contribution in [3.05, 3.63) is 58.5 Å². The zero-order chi connectivity index (χ0) is 19.4. The third-order valence-electron chi connectivity index (χ3n) is 5.41. The molecule has 5 nitrogen and oxygen atoms in total. The van der Waals surface area contributed by atoms with E-state index < -0.39 is 0 Å². The number of Topliss-reactive ketones (excluding diaryl/α,β-unsaturated/α-hetero) is 1. The van der Waals surface area contributed by atoms with E-state index in [4.69, 9.17) is 4.42 Å². The Labute approximate surface area is 160 Å². The number of carbonyl (C=O) groups excluding carboxylic acids is 2. The van der Waals surface area contributed by atoms with Crippen LogP contribution in [0.2, 0.25) is 0 Å². The van der Waals surface area contributed by atoms with E-state index >= 15 is 0 Å². The third-order valence-corrected chi connectivity index (χ3v) is 5.41. The molecule has 1 heterocycles. The second kappa shape index (κ2) is 8.53. The topological polar surface area (TPSA) is 62.6 Å². The van der Waals surface area contributed by atoms with Gasteiger partial charge in [-0.2, -0.15) is 0 Å². The fraction of sp³-hybridized carbons (Fsp3) is 0.455. The number of hydrogen-bond donors (Lipinski definition) is 1. The SMILES string of the molecule is CCN(CC)[C@@H](CNC(=O)c1oc2c(c1C)C(=O)CCC2)c1ccccc1. The van der Waals surface area contributed by atoms with Crippen molar-refractivity contribution in [2.75, 3.05) is 19.6 Å². The summed E-state index contributed by atoms with van der Waals surface area (Å²) in [5.74, 6) is 0.781. The number of ketones is 1. The summed E-state index contributed by atoms with van der Waals surface area (Å²) in [6.45, 7) is 8.33. The zero-order valence-corrected chi connectivity index (χ0v) is 16.4. The Morgan fingerprint density at radius 3 is 2.52 bits per heavy atom. The molecule has 1 amide bonds. The minimum atomic E-state index is -0.247. The summed E-state index contributed by atoms with van der Waals surface area (Å²) in [5.41, 5.74) is 2.47. The van der Waals surface area contributed by atoms with Crippen molar-refractivity contribution in [3.8, 4) is 0 Å². The largest absolute Gasteiger partial charge is 0.455 e. The van der Waals surface area contributed by atoms with E-state index in [1.807, 2.05) is 18.2 Å². The normalized spacial score (nSPS) is 14.9. The Kier molecular flexibility index (Phi) is 6.11. The molecule has 1 atom stereocenters. The van der Waals surface area contributed by atoms with Crippen LogP contribution in [0.4, 0.5) is 0 Å². The van der Waals surface area contributed by atoms with Gasteiger partial charge >= 0.3 is 0 Å². The van der Waals surface area contributed by atoms with Gasteiger partial charge in [-0.25, -0.2) is 0 Å². The Balaban J connectivity index is 1.78. The van der Waals surface area contributed by atoms with E-state index in [1.165, 1.54) is 5.56 Å². The van der Waals surface area contributed by atoms with E-state index in [0.717, 1.165) is 25.9 Å². The number of nitrogens with zero attached hydrogens (tertiary/aromatic N) is 1. The molecule has 0 radical (unpaired) electrons. The first-order valence-corrected chi connectivity index (χ1v) is 9.79. The molecule has 1 N–H and O–H groups in total. The van der Waals surface area contributed by atoms with Crippen molar-refractivity contribution >= 4 is 11.7 Å². The Hall–Kier alpha value is -2.40. The maximum absolute atomic E-state index is 12.8. The number of nitrogens with one attached hydrogen (secondary N) is 1. The summed E-state index contributed by atoms with van der Waals surface area (Å²) in [5, 5.41) is 3.03. The molecular formula is C22H28N2O3. The van der Waals surface area contributed by atoms with Gasteiger partial charge in [-0.3, -0.25) is 14.5 Å². The average Bonchev–Trinajstić information content (AvgIpc) is 3.03. The highest BCUT2D eigenvalue weighted by atomic mass is 16.4. The van der Waals surface area contributed by atoms with Crippen molar-refractivity contribution in [2.24, 2.45) is 0 Å². The summed E-state index contributed by atoms with van der Waals surface area (Å²) in [6.07, 6.45) is 2.05. The molecule has 0 unspecified atom stereocenters. The van der Waals surface area contributed by atoms with Gasteiger partial charge in [-0.05, 0) is 32.0 Å². The number of furan rings is 1. The molecule has 2 aromatic rings. The van der Waals surface area contributed by atoms with Gasteiger partial charge in [-0.1, -0.05) is 44.2 Å². The number of carbonyl (C=O) groups is 2. The molecule has 0 spiro atoms. The lowest BCUT2D eigenvalue weighted by Crippen LogP contribution is -2.38. The molecule has 27 heavy (non-hydrogen) atoms. The molecule has 144 valence electrons. The number of likely N-dealkylation sites (N-methyl/N-ethyl adjacent to an activating group) is 1. The maximum Gasteiger partial charge on any atom is 0.287 e. The Bertz CT molecular complexity index is 806. The van der Waals surface area contributed by atoms with Crippen LogP contribution in [0, 0.1) is 6.92 Å². The standard InChI is InChI=1S/C22H28N2O3/c1-4-24(5-2)17(16-10-7-6-8-11-16)14-23-22(26)21-15(3)20-18(25)12-9-13-19(20)27-21/h6-8,10-11,17H,4-5,9,12-14H2,1-3H3,(H,23,26)/t17-/m0/s1. The number of amides is 1. The molecule has 0 fully saturated rings. The van der Waals surface area contributed by atoms with Crippen molar-refractivity contribution < 1.29 is 14.0 Å². The molecular weight excluding hydrogens is 340 g/mol. The van der Waals surface area contributed by atoms with Crippen LogP contribution in [-0.4, -0.2) is 36.2 Å². The van der Waals surface area contributed by atoms with Gasteiger partial charge in [0.25, 0.3) is 5.91 Å². The zero-order valence-electron chi connectivity index (χ0n) is 16.4. The molecule has 0 bridgehead atoms. The van der Waals surface area contributed by atoms with Crippen LogP contribution in [-0.2, 0) is 6.42 Å². The number of hydrogen-bond acceptors (Lipinski definition) is 4. The summed E-state index contributed by atoms with van der Waals surface area (Å²) >= 11 is 0. The maximum atomic E-state index is 12.8. The molecule has 5 heteroatoms. The van der Waals surface area contributed by atoms with Crippen LogP contribution >= 0.6 is 0 Å². The lowest BCUT2D eigenvalue weighted by molar-refractivity contribution is 0.0902. The Morgan fingerprint density at radius 2 is 1.89 bits per heavy atom. The van der Waals surface area contributed by atoms with Gasteiger partial charge in [0.15, 0.2) is 11.5 Å². The number of fused-ring (bicyclic) bond motifs is 1. The lowest BCUT2D eigenvalue weighted by Gasteiger charge is -2.30. The molecule has 1 aliphatic carbocycles. The summed E-state index contributed by atoms with van der Waals surface area (Å²) in [4.78, 5) is 27.3. The van der Waals surface area contributed by atoms with Crippen molar-refractivity contribution in [1.82, 2.24) is 10.2 Å². The lowest BCUT2D eigenvalue weighted by atomic mass is 9.94. The van der Waals surface area contributed by atoms with Crippen LogP contribution in [0.25, 0.3) is 0 Å². The second-order valence-electron chi connectivity index (χ2n) is 6.99. The fourth-order valence-electron chi connectivity index (χ4n) is 3.93. The average molecular weight is 368 g/mol. The highest BCUT2D eigenvalue weighted by Crippen LogP contribution is 2.29. The first-order chi connectivity index (χ1) is 13.1. The first-order valence-electron chi connectivity index (χ1n) is 9.79. The van der Waals surface area contributed by atoms with E-state index in [1.54, 1.807) is 6.92 Å². The van der Waals surface area contributed by atoms with Crippen LogP contribution in [0.15, 0.2) is 34.7 Å². The minimum Gasteiger partial charge on any atom is -0.455 e. The highest BCUT2D eigenvalue weighted by molar-refractivity contribution is 6.03. The molecule has 0 aliphatic heterocycles. The van der Waals surface area contributed by atoms with Crippen LogP contribution in [0.3, 0.4) is 0 Å². The van der Waals surface area contributed by atoms with Crippen LogP contribution in [0.1, 0.15) is 70.5 Å². The Morgan fingerprint density at radius 1 is 1.19 bits per heavy atom. The van der Waals surface area contributed by atoms with Crippen molar-refractivity contribution in [2.45, 2.75) is 46.1 Å². The number of rotatable bonds is 7. The van der Waals surface area contributed by atoms with Crippen LogP contribution in [0.5, 0.6) is 0 Å². The second-order valence-corrected chi connectivity index (χ2v) is 6.99. The van der Waals surface area contributed by atoms with E-state index in [0.29, 0.717) is 29.9 Å². The predicted octanol–water partition coefficient (Wildman–Crippen LogP) is 3.92. The molecule has 3 rings (SSSR count). The fourth-order valence-corrected chi connectivity index (χ4v) is 3.93. The van der Waals surface area contributed by atoms with E-state index in [2.05, 4.69) is 36.2 Å². The van der Waals surface area contributed by atoms with Gasteiger partial charge in [0, 0.05) is 24.9 Å².